The maximum atomic E-state index is 10.8. The van der Waals surface area contributed by atoms with E-state index in [1.165, 1.54) is 0 Å². The first-order valence-corrected chi connectivity index (χ1v) is 5.92. The van der Waals surface area contributed by atoms with Crippen LogP contribution >= 0.6 is 0 Å². The van der Waals surface area contributed by atoms with Gasteiger partial charge in [0.05, 0.1) is 5.69 Å². The zero-order valence-electron chi connectivity index (χ0n) is 10.6. The van der Waals surface area contributed by atoms with Gasteiger partial charge in [0.1, 0.15) is 0 Å². The number of carbonyl (C=O) groups is 1. The Hall–Kier alpha value is -2.62. The largest absolute Gasteiger partial charge is 0.351 e. The third-order valence-electron chi connectivity index (χ3n) is 2.49. The number of rotatable bonds is 3. The van der Waals surface area contributed by atoms with Crippen LogP contribution in [0.4, 0.5) is 10.5 Å². The molecule has 1 aromatic heterocycles. The summed E-state index contributed by atoms with van der Waals surface area (Å²) < 4.78 is 0. The zero-order chi connectivity index (χ0) is 13.7. The topological polar surface area (TPSA) is 68.0 Å². The summed E-state index contributed by atoms with van der Waals surface area (Å²) in [6.07, 6.45) is 3.87. The number of aromatic nitrogens is 1. The van der Waals surface area contributed by atoms with E-state index in [1.54, 1.807) is 12.1 Å². The fourth-order valence-electron chi connectivity index (χ4n) is 1.74. The number of primary amides is 1. The van der Waals surface area contributed by atoms with Crippen LogP contribution in [0.1, 0.15) is 17.0 Å². The fourth-order valence-corrected chi connectivity index (χ4v) is 1.74. The second-order valence-corrected chi connectivity index (χ2v) is 4.16. The van der Waals surface area contributed by atoms with Crippen molar-refractivity contribution in [3.05, 3.63) is 59.4 Å². The Morgan fingerprint density at radius 1 is 1.21 bits per heavy atom. The van der Waals surface area contributed by atoms with Crippen molar-refractivity contribution in [2.45, 2.75) is 6.92 Å². The number of carbonyl (C=O) groups excluding carboxylic acids is 1. The third kappa shape index (κ3) is 3.96. The van der Waals surface area contributed by atoms with Crippen molar-refractivity contribution in [3.63, 3.8) is 0 Å². The highest BCUT2D eigenvalue weighted by atomic mass is 16.2. The Kier molecular flexibility index (Phi) is 3.93. The van der Waals surface area contributed by atoms with Gasteiger partial charge < -0.3 is 11.1 Å². The highest BCUT2D eigenvalue weighted by Crippen LogP contribution is 2.13. The SMILES string of the molecule is Cc1cc(NC(N)=O)cc(/C=C/c2ccccc2)n1. The van der Waals surface area contributed by atoms with Gasteiger partial charge in [-0.05, 0) is 30.7 Å². The highest BCUT2D eigenvalue weighted by molar-refractivity contribution is 5.88. The fraction of sp³-hybridized carbons (Fsp3) is 0.0667. The zero-order valence-corrected chi connectivity index (χ0v) is 10.6. The van der Waals surface area contributed by atoms with Crippen molar-refractivity contribution in [3.8, 4) is 0 Å². The number of anilines is 1. The molecule has 0 saturated carbocycles. The van der Waals surface area contributed by atoms with E-state index in [0.29, 0.717) is 5.69 Å². The second kappa shape index (κ2) is 5.82. The predicted molar refractivity (Wildman–Crippen MR) is 77.6 cm³/mol. The lowest BCUT2D eigenvalue weighted by atomic mass is 10.2. The quantitative estimate of drug-likeness (QED) is 0.882. The molecule has 0 aliphatic carbocycles. The maximum absolute atomic E-state index is 10.8. The number of benzene rings is 1. The van der Waals surface area contributed by atoms with Crippen LogP contribution in [0.2, 0.25) is 0 Å². The van der Waals surface area contributed by atoms with Crippen molar-refractivity contribution in [1.82, 2.24) is 4.98 Å². The number of nitrogens with two attached hydrogens (primary N) is 1. The molecule has 1 aromatic carbocycles. The molecule has 3 N–H and O–H groups in total. The minimum atomic E-state index is -0.580. The molecule has 0 radical (unpaired) electrons. The van der Waals surface area contributed by atoms with Gasteiger partial charge in [-0.1, -0.05) is 36.4 Å². The molecule has 0 aliphatic rings. The molecule has 0 spiro atoms. The molecule has 19 heavy (non-hydrogen) atoms. The molecular formula is C15H15N3O. The Balaban J connectivity index is 2.23. The number of urea groups is 1. The molecule has 0 fully saturated rings. The molecule has 0 unspecified atom stereocenters. The van der Waals surface area contributed by atoms with E-state index in [2.05, 4.69) is 10.3 Å². The molecule has 0 atom stereocenters. The molecule has 2 rings (SSSR count). The van der Waals surface area contributed by atoms with E-state index in [4.69, 9.17) is 5.73 Å². The van der Waals surface area contributed by atoms with E-state index >= 15 is 0 Å². The average molecular weight is 253 g/mol. The Bertz CT molecular complexity index is 606. The first-order valence-electron chi connectivity index (χ1n) is 5.92. The van der Waals surface area contributed by atoms with Crippen LogP contribution < -0.4 is 11.1 Å². The number of nitrogens with one attached hydrogen (secondary N) is 1. The molecular weight excluding hydrogens is 238 g/mol. The molecule has 1 heterocycles. The number of nitrogens with zero attached hydrogens (tertiary/aromatic N) is 1. The highest BCUT2D eigenvalue weighted by Gasteiger charge is 2.00. The number of amides is 2. The third-order valence-corrected chi connectivity index (χ3v) is 2.49. The average Bonchev–Trinajstić information content (AvgIpc) is 2.36. The minimum absolute atomic E-state index is 0.580. The van der Waals surface area contributed by atoms with Crippen molar-refractivity contribution in [2.75, 3.05) is 5.32 Å². The summed E-state index contributed by atoms with van der Waals surface area (Å²) in [6, 6.07) is 12.9. The number of aryl methyl sites for hydroxylation is 1. The van der Waals surface area contributed by atoms with Crippen molar-refractivity contribution < 1.29 is 4.79 Å². The van der Waals surface area contributed by atoms with Crippen LogP contribution in [0.5, 0.6) is 0 Å². The van der Waals surface area contributed by atoms with Gasteiger partial charge in [-0.25, -0.2) is 4.79 Å². The Morgan fingerprint density at radius 2 is 1.95 bits per heavy atom. The molecule has 4 heteroatoms. The van der Waals surface area contributed by atoms with Crippen LogP contribution in [-0.4, -0.2) is 11.0 Å². The van der Waals surface area contributed by atoms with Crippen LogP contribution in [0.25, 0.3) is 12.2 Å². The van der Waals surface area contributed by atoms with E-state index in [-0.39, 0.29) is 0 Å². The number of hydrogen-bond donors (Lipinski definition) is 2. The van der Waals surface area contributed by atoms with Crippen LogP contribution in [0.15, 0.2) is 42.5 Å². The van der Waals surface area contributed by atoms with Crippen LogP contribution in [0, 0.1) is 6.92 Å². The van der Waals surface area contributed by atoms with Crippen molar-refractivity contribution in [1.29, 1.82) is 0 Å². The summed E-state index contributed by atoms with van der Waals surface area (Å²) in [4.78, 5) is 15.2. The lowest BCUT2D eigenvalue weighted by molar-refractivity contribution is 0.259. The number of pyridine rings is 1. The van der Waals surface area contributed by atoms with E-state index in [0.717, 1.165) is 17.0 Å². The monoisotopic (exact) mass is 253 g/mol. The molecule has 0 saturated heterocycles. The van der Waals surface area contributed by atoms with Gasteiger partial charge in [-0.2, -0.15) is 0 Å². The first-order chi connectivity index (χ1) is 9.13. The van der Waals surface area contributed by atoms with Gasteiger partial charge in [0.15, 0.2) is 0 Å². The summed E-state index contributed by atoms with van der Waals surface area (Å²) in [7, 11) is 0. The standard InChI is InChI=1S/C15H15N3O/c1-11-9-14(18-15(16)19)10-13(17-11)8-7-12-5-3-2-4-6-12/h2-10H,1H3,(H3,16,17,18,19)/b8-7+. The lowest BCUT2D eigenvalue weighted by Gasteiger charge is -2.04. The maximum Gasteiger partial charge on any atom is 0.316 e. The summed E-state index contributed by atoms with van der Waals surface area (Å²) in [5.41, 5.74) is 8.43. The summed E-state index contributed by atoms with van der Waals surface area (Å²) in [5, 5.41) is 2.55. The normalized spacial score (nSPS) is 10.6. The van der Waals surface area contributed by atoms with Gasteiger partial charge in [0, 0.05) is 11.4 Å². The molecule has 0 aliphatic heterocycles. The van der Waals surface area contributed by atoms with Crippen molar-refractivity contribution in [2.24, 2.45) is 5.73 Å². The smallest absolute Gasteiger partial charge is 0.316 e. The van der Waals surface area contributed by atoms with E-state index in [1.807, 2.05) is 49.4 Å². The predicted octanol–water partition coefficient (Wildman–Crippen LogP) is 3.05. The van der Waals surface area contributed by atoms with Gasteiger partial charge in [0.2, 0.25) is 0 Å². The minimum Gasteiger partial charge on any atom is -0.351 e. The summed E-state index contributed by atoms with van der Waals surface area (Å²) in [6.45, 7) is 1.87. The van der Waals surface area contributed by atoms with Gasteiger partial charge in [-0.3, -0.25) is 4.98 Å². The van der Waals surface area contributed by atoms with E-state index in [9.17, 15) is 4.79 Å². The first kappa shape index (κ1) is 12.8. The summed E-state index contributed by atoms with van der Waals surface area (Å²) in [5.74, 6) is 0. The molecule has 96 valence electrons. The van der Waals surface area contributed by atoms with Gasteiger partial charge in [0.25, 0.3) is 0 Å². The van der Waals surface area contributed by atoms with Crippen LogP contribution in [-0.2, 0) is 0 Å². The Labute approximate surface area is 112 Å². The van der Waals surface area contributed by atoms with Crippen molar-refractivity contribution >= 4 is 23.9 Å². The van der Waals surface area contributed by atoms with Crippen LogP contribution in [0.3, 0.4) is 0 Å². The molecule has 4 nitrogen and oxygen atoms in total. The van der Waals surface area contributed by atoms with E-state index < -0.39 is 6.03 Å². The number of hydrogen-bond acceptors (Lipinski definition) is 2. The molecule has 2 aromatic rings. The summed E-state index contributed by atoms with van der Waals surface area (Å²) >= 11 is 0. The van der Waals surface area contributed by atoms with Gasteiger partial charge >= 0.3 is 6.03 Å². The molecule has 0 bridgehead atoms. The Morgan fingerprint density at radius 3 is 2.63 bits per heavy atom. The lowest BCUT2D eigenvalue weighted by Crippen LogP contribution is -2.19. The van der Waals surface area contributed by atoms with Gasteiger partial charge in [-0.15, -0.1) is 0 Å². The molecule has 2 amide bonds. The second-order valence-electron chi connectivity index (χ2n) is 4.16.